The number of amides is 2. The van der Waals surface area contributed by atoms with Crippen molar-refractivity contribution < 1.29 is 24.2 Å². The van der Waals surface area contributed by atoms with E-state index in [2.05, 4.69) is 5.32 Å². The molecule has 1 aromatic carbocycles. The minimum absolute atomic E-state index is 0.147. The van der Waals surface area contributed by atoms with Crippen LogP contribution in [0.1, 0.15) is 30.6 Å². The number of carbonyl (C=O) groups excluding carboxylic acids is 2. The predicted octanol–water partition coefficient (Wildman–Crippen LogP) is 2.84. The Kier molecular flexibility index (Phi) is 5.66. The summed E-state index contributed by atoms with van der Waals surface area (Å²) < 4.78 is 5.11. The Bertz CT molecular complexity index is 662. The molecule has 0 aliphatic carbocycles. The molecule has 1 aromatic rings. The van der Waals surface area contributed by atoms with E-state index in [1.807, 2.05) is 0 Å². The van der Waals surface area contributed by atoms with Gasteiger partial charge in [0.05, 0.1) is 28.3 Å². The van der Waals surface area contributed by atoms with E-state index in [1.54, 1.807) is 13.8 Å². The highest BCUT2D eigenvalue weighted by molar-refractivity contribution is 6.33. The number of aliphatic carboxylic acids is 1. The van der Waals surface area contributed by atoms with Crippen molar-refractivity contribution >= 4 is 35.3 Å². The van der Waals surface area contributed by atoms with Crippen LogP contribution in [0.3, 0.4) is 0 Å². The van der Waals surface area contributed by atoms with E-state index in [0.29, 0.717) is 13.0 Å². The molecule has 24 heavy (non-hydrogen) atoms. The molecular formula is C16H19ClN2O5. The standard InChI is InChI=1S/C16H19ClN2O5/c1-9(2)24-15(22)10-3-4-12(17)13(7-10)18-16(23)19-6-5-11(8-19)14(20)21/h3-4,7,9,11H,5-6,8H2,1-2H3,(H,18,23)(H,20,21). The summed E-state index contributed by atoms with van der Waals surface area (Å²) in [5.74, 6) is -1.98. The van der Waals surface area contributed by atoms with Gasteiger partial charge in [0.2, 0.25) is 0 Å². The van der Waals surface area contributed by atoms with Gasteiger partial charge >= 0.3 is 18.0 Å². The molecular weight excluding hydrogens is 336 g/mol. The summed E-state index contributed by atoms with van der Waals surface area (Å²) in [5.41, 5.74) is 0.548. The third-order valence-corrected chi connectivity index (χ3v) is 3.94. The lowest BCUT2D eigenvalue weighted by atomic mass is 10.1. The van der Waals surface area contributed by atoms with Crippen molar-refractivity contribution in [2.24, 2.45) is 5.92 Å². The quantitative estimate of drug-likeness (QED) is 0.810. The molecule has 0 spiro atoms. The fourth-order valence-corrected chi connectivity index (χ4v) is 2.54. The van der Waals surface area contributed by atoms with Crippen LogP contribution in [0.5, 0.6) is 0 Å². The van der Waals surface area contributed by atoms with E-state index < -0.39 is 23.9 Å². The summed E-state index contributed by atoms with van der Waals surface area (Å²) in [5, 5.41) is 11.9. The van der Waals surface area contributed by atoms with Gasteiger partial charge in [-0.1, -0.05) is 11.6 Å². The maximum absolute atomic E-state index is 12.2. The second-order valence-corrected chi connectivity index (χ2v) is 6.26. The summed E-state index contributed by atoms with van der Waals surface area (Å²) in [4.78, 5) is 36.5. The molecule has 0 radical (unpaired) electrons. The first-order chi connectivity index (χ1) is 11.3. The number of nitrogens with one attached hydrogen (secondary N) is 1. The Morgan fingerprint density at radius 3 is 2.67 bits per heavy atom. The Hall–Kier alpha value is -2.28. The molecule has 2 amide bonds. The number of carbonyl (C=O) groups is 3. The fourth-order valence-electron chi connectivity index (χ4n) is 2.37. The number of benzene rings is 1. The number of likely N-dealkylation sites (tertiary alicyclic amines) is 1. The normalized spacial score (nSPS) is 17.0. The number of hydrogen-bond donors (Lipinski definition) is 2. The maximum atomic E-state index is 12.2. The first-order valence-electron chi connectivity index (χ1n) is 7.57. The summed E-state index contributed by atoms with van der Waals surface area (Å²) in [6.45, 7) is 3.98. The Labute approximate surface area is 144 Å². The van der Waals surface area contributed by atoms with Crippen LogP contribution >= 0.6 is 11.6 Å². The van der Waals surface area contributed by atoms with E-state index in [9.17, 15) is 14.4 Å². The molecule has 1 atom stereocenters. The largest absolute Gasteiger partial charge is 0.481 e. The molecule has 0 saturated carbocycles. The number of carboxylic acids is 1. The second-order valence-electron chi connectivity index (χ2n) is 5.85. The fraction of sp³-hybridized carbons (Fsp3) is 0.438. The lowest BCUT2D eigenvalue weighted by Crippen LogP contribution is -2.33. The Balaban J connectivity index is 2.07. The number of hydrogen-bond acceptors (Lipinski definition) is 4. The number of nitrogens with zero attached hydrogens (tertiary/aromatic N) is 1. The molecule has 1 saturated heterocycles. The van der Waals surface area contributed by atoms with Gasteiger partial charge in [0, 0.05) is 13.1 Å². The SMILES string of the molecule is CC(C)OC(=O)c1ccc(Cl)c(NC(=O)N2CCC(C(=O)O)C2)c1. The highest BCUT2D eigenvalue weighted by Crippen LogP contribution is 2.25. The van der Waals surface area contributed by atoms with Crippen LogP contribution in [0, 0.1) is 5.92 Å². The summed E-state index contributed by atoms with van der Waals surface area (Å²) >= 11 is 6.06. The van der Waals surface area contributed by atoms with Crippen LogP contribution < -0.4 is 5.32 Å². The molecule has 1 fully saturated rings. The number of ether oxygens (including phenoxy) is 1. The van der Waals surface area contributed by atoms with Crippen LogP contribution in [0.15, 0.2) is 18.2 Å². The van der Waals surface area contributed by atoms with Gasteiger partial charge in [-0.2, -0.15) is 0 Å². The van der Waals surface area contributed by atoms with Crippen LogP contribution in [0.4, 0.5) is 10.5 Å². The average molecular weight is 355 g/mol. The molecule has 0 bridgehead atoms. The van der Waals surface area contributed by atoms with Gasteiger partial charge in [0.15, 0.2) is 0 Å². The van der Waals surface area contributed by atoms with E-state index in [1.165, 1.54) is 23.1 Å². The van der Waals surface area contributed by atoms with E-state index in [-0.39, 0.29) is 28.9 Å². The van der Waals surface area contributed by atoms with Crippen molar-refractivity contribution in [1.82, 2.24) is 4.90 Å². The van der Waals surface area contributed by atoms with Crippen LogP contribution in [-0.2, 0) is 9.53 Å². The number of urea groups is 1. The molecule has 7 nitrogen and oxygen atoms in total. The zero-order valence-corrected chi connectivity index (χ0v) is 14.2. The summed E-state index contributed by atoms with van der Waals surface area (Å²) in [6, 6.07) is 4.00. The van der Waals surface area contributed by atoms with Crippen LogP contribution in [0.2, 0.25) is 5.02 Å². The van der Waals surface area contributed by atoms with Crippen molar-refractivity contribution in [3.05, 3.63) is 28.8 Å². The van der Waals surface area contributed by atoms with Gasteiger partial charge in [0.1, 0.15) is 0 Å². The molecule has 1 unspecified atom stereocenters. The average Bonchev–Trinajstić information content (AvgIpc) is 2.98. The maximum Gasteiger partial charge on any atom is 0.338 e. The van der Waals surface area contributed by atoms with Gasteiger partial charge in [0.25, 0.3) is 0 Å². The smallest absolute Gasteiger partial charge is 0.338 e. The molecule has 2 rings (SSSR count). The predicted molar refractivity (Wildman–Crippen MR) is 88.3 cm³/mol. The lowest BCUT2D eigenvalue weighted by Gasteiger charge is -2.18. The minimum atomic E-state index is -0.915. The zero-order valence-electron chi connectivity index (χ0n) is 13.4. The van der Waals surface area contributed by atoms with Crippen molar-refractivity contribution in [3.63, 3.8) is 0 Å². The lowest BCUT2D eigenvalue weighted by molar-refractivity contribution is -0.141. The van der Waals surface area contributed by atoms with Crippen molar-refractivity contribution in [2.75, 3.05) is 18.4 Å². The zero-order chi connectivity index (χ0) is 17.9. The number of esters is 1. The van der Waals surface area contributed by atoms with Gasteiger partial charge in [-0.15, -0.1) is 0 Å². The van der Waals surface area contributed by atoms with Crippen LogP contribution in [0.25, 0.3) is 0 Å². The molecule has 1 aliphatic heterocycles. The van der Waals surface area contributed by atoms with Gasteiger partial charge in [-0.3, -0.25) is 4.79 Å². The van der Waals surface area contributed by atoms with Gasteiger partial charge < -0.3 is 20.1 Å². The molecule has 1 aliphatic rings. The molecule has 130 valence electrons. The summed E-state index contributed by atoms with van der Waals surface area (Å²) in [6.07, 6.45) is 0.154. The first-order valence-corrected chi connectivity index (χ1v) is 7.95. The minimum Gasteiger partial charge on any atom is -0.481 e. The number of rotatable bonds is 4. The van der Waals surface area contributed by atoms with Crippen molar-refractivity contribution in [3.8, 4) is 0 Å². The third kappa shape index (κ3) is 4.38. The van der Waals surface area contributed by atoms with E-state index in [0.717, 1.165) is 0 Å². The van der Waals surface area contributed by atoms with Gasteiger partial charge in [-0.25, -0.2) is 9.59 Å². The van der Waals surface area contributed by atoms with Crippen molar-refractivity contribution in [1.29, 1.82) is 0 Å². The summed E-state index contributed by atoms with van der Waals surface area (Å²) in [7, 11) is 0. The first kappa shape index (κ1) is 18.1. The molecule has 0 aromatic heterocycles. The Morgan fingerprint density at radius 2 is 2.08 bits per heavy atom. The molecule has 1 heterocycles. The second kappa shape index (κ2) is 7.53. The monoisotopic (exact) mass is 354 g/mol. The molecule has 2 N–H and O–H groups in total. The number of halogens is 1. The third-order valence-electron chi connectivity index (χ3n) is 3.61. The highest BCUT2D eigenvalue weighted by Gasteiger charge is 2.31. The van der Waals surface area contributed by atoms with Gasteiger partial charge in [-0.05, 0) is 38.5 Å². The Morgan fingerprint density at radius 1 is 1.38 bits per heavy atom. The molecule has 8 heteroatoms. The van der Waals surface area contributed by atoms with E-state index in [4.69, 9.17) is 21.4 Å². The number of carboxylic acid groups (broad SMARTS) is 1. The highest BCUT2D eigenvalue weighted by atomic mass is 35.5. The topological polar surface area (TPSA) is 95.9 Å². The van der Waals surface area contributed by atoms with Crippen LogP contribution in [-0.4, -0.2) is 47.2 Å². The number of anilines is 1. The van der Waals surface area contributed by atoms with Crippen molar-refractivity contribution in [2.45, 2.75) is 26.4 Å². The van der Waals surface area contributed by atoms with E-state index >= 15 is 0 Å².